The summed E-state index contributed by atoms with van der Waals surface area (Å²) in [6.45, 7) is 2.37. The summed E-state index contributed by atoms with van der Waals surface area (Å²) in [5.41, 5.74) is 2.72. The molecule has 0 amide bonds. The summed E-state index contributed by atoms with van der Waals surface area (Å²) in [5, 5.41) is 14.8. The Labute approximate surface area is 160 Å². The van der Waals surface area contributed by atoms with Gasteiger partial charge in [0.15, 0.2) is 11.6 Å². The van der Waals surface area contributed by atoms with E-state index < -0.39 is 5.82 Å². The number of pyridine rings is 1. The van der Waals surface area contributed by atoms with Crippen molar-refractivity contribution in [2.75, 3.05) is 5.32 Å². The highest BCUT2D eigenvalue weighted by Gasteiger charge is 2.10. The zero-order valence-corrected chi connectivity index (χ0v) is 15.1. The Morgan fingerprint density at radius 2 is 1.96 bits per heavy atom. The first kappa shape index (κ1) is 17.6. The molecular formula is C20H17FN6O. The molecule has 0 atom stereocenters. The number of aromatic nitrogens is 5. The van der Waals surface area contributed by atoms with E-state index in [1.54, 1.807) is 35.1 Å². The zero-order valence-electron chi connectivity index (χ0n) is 15.1. The van der Waals surface area contributed by atoms with E-state index in [2.05, 4.69) is 25.8 Å². The van der Waals surface area contributed by atoms with Gasteiger partial charge in [-0.25, -0.2) is 4.39 Å². The summed E-state index contributed by atoms with van der Waals surface area (Å²) in [4.78, 5) is 3.95. The Kier molecular flexibility index (Phi) is 4.92. The van der Waals surface area contributed by atoms with Crippen molar-refractivity contribution in [2.24, 2.45) is 0 Å². The number of rotatable bonds is 6. The van der Waals surface area contributed by atoms with E-state index in [4.69, 9.17) is 4.74 Å². The van der Waals surface area contributed by atoms with E-state index in [-0.39, 0.29) is 5.75 Å². The van der Waals surface area contributed by atoms with Crippen LogP contribution in [0.3, 0.4) is 0 Å². The standard InChI is InChI=1S/C20H17FN6O/c1-14-4-7-16(8-5-14)27-20(24-25-26-27)23-12-15-6-9-19(18(21)11-15)28-17-3-2-10-22-13-17/h2-11,13H,12H2,1H3,(H,23,24,26). The van der Waals surface area contributed by atoms with Gasteiger partial charge in [-0.15, -0.1) is 0 Å². The molecule has 28 heavy (non-hydrogen) atoms. The smallest absolute Gasteiger partial charge is 0.248 e. The van der Waals surface area contributed by atoms with E-state index in [0.717, 1.165) is 16.8 Å². The van der Waals surface area contributed by atoms with Crippen LogP contribution in [0.15, 0.2) is 67.0 Å². The van der Waals surface area contributed by atoms with Gasteiger partial charge in [-0.3, -0.25) is 4.98 Å². The largest absolute Gasteiger partial charge is 0.453 e. The molecule has 0 saturated carbocycles. The van der Waals surface area contributed by atoms with Gasteiger partial charge < -0.3 is 10.1 Å². The molecule has 0 saturated heterocycles. The van der Waals surface area contributed by atoms with Gasteiger partial charge in [0.1, 0.15) is 5.75 Å². The van der Waals surface area contributed by atoms with Crippen molar-refractivity contribution in [3.8, 4) is 17.2 Å². The monoisotopic (exact) mass is 376 g/mol. The molecule has 2 heterocycles. The minimum absolute atomic E-state index is 0.140. The first-order valence-corrected chi connectivity index (χ1v) is 8.64. The fourth-order valence-electron chi connectivity index (χ4n) is 2.61. The Morgan fingerprint density at radius 3 is 2.71 bits per heavy atom. The number of nitrogens with zero attached hydrogens (tertiary/aromatic N) is 5. The van der Waals surface area contributed by atoms with Crippen LogP contribution in [0, 0.1) is 12.7 Å². The molecule has 0 unspecified atom stereocenters. The number of ether oxygens (including phenoxy) is 1. The number of hydrogen-bond donors (Lipinski definition) is 1. The minimum atomic E-state index is -0.457. The van der Waals surface area contributed by atoms with Crippen LogP contribution in [0.2, 0.25) is 0 Å². The second-order valence-corrected chi connectivity index (χ2v) is 6.16. The second kappa shape index (κ2) is 7.83. The van der Waals surface area contributed by atoms with E-state index in [1.165, 1.54) is 12.3 Å². The number of tetrazole rings is 1. The number of benzene rings is 2. The highest BCUT2D eigenvalue weighted by atomic mass is 19.1. The predicted molar refractivity (Wildman–Crippen MR) is 102 cm³/mol. The third-order valence-electron chi connectivity index (χ3n) is 4.06. The predicted octanol–water partition coefficient (Wildman–Crippen LogP) is 3.91. The maximum absolute atomic E-state index is 14.4. The molecule has 0 aliphatic rings. The zero-order chi connectivity index (χ0) is 19.3. The van der Waals surface area contributed by atoms with Crippen LogP contribution in [0.4, 0.5) is 10.3 Å². The van der Waals surface area contributed by atoms with Gasteiger partial charge in [0.05, 0.1) is 11.9 Å². The highest BCUT2D eigenvalue weighted by molar-refractivity contribution is 5.41. The summed E-state index contributed by atoms with van der Waals surface area (Å²) in [7, 11) is 0. The fourth-order valence-corrected chi connectivity index (χ4v) is 2.61. The van der Waals surface area contributed by atoms with Crippen molar-refractivity contribution in [2.45, 2.75) is 13.5 Å². The first-order valence-electron chi connectivity index (χ1n) is 8.64. The molecule has 0 aliphatic carbocycles. The van der Waals surface area contributed by atoms with Crippen molar-refractivity contribution in [3.05, 3.63) is 83.9 Å². The van der Waals surface area contributed by atoms with Gasteiger partial charge in [-0.05, 0) is 59.3 Å². The molecule has 0 spiro atoms. The summed E-state index contributed by atoms with van der Waals surface area (Å²) in [5.74, 6) is 0.631. The van der Waals surface area contributed by atoms with Crippen LogP contribution in [-0.4, -0.2) is 25.2 Å². The Bertz CT molecular complexity index is 1070. The highest BCUT2D eigenvalue weighted by Crippen LogP contribution is 2.24. The molecule has 2 aromatic heterocycles. The topological polar surface area (TPSA) is 77.8 Å². The van der Waals surface area contributed by atoms with Crippen molar-refractivity contribution >= 4 is 5.95 Å². The Balaban J connectivity index is 1.45. The van der Waals surface area contributed by atoms with Crippen molar-refractivity contribution in [1.82, 2.24) is 25.2 Å². The minimum Gasteiger partial charge on any atom is -0.453 e. The van der Waals surface area contributed by atoms with Gasteiger partial charge in [0, 0.05) is 12.7 Å². The molecule has 0 fully saturated rings. The van der Waals surface area contributed by atoms with Crippen LogP contribution in [0.5, 0.6) is 11.5 Å². The number of anilines is 1. The van der Waals surface area contributed by atoms with E-state index >= 15 is 0 Å². The lowest BCUT2D eigenvalue weighted by Crippen LogP contribution is -2.07. The van der Waals surface area contributed by atoms with Gasteiger partial charge in [-0.2, -0.15) is 4.68 Å². The average molecular weight is 376 g/mol. The Morgan fingerprint density at radius 1 is 1.11 bits per heavy atom. The number of nitrogens with one attached hydrogen (secondary N) is 1. The van der Waals surface area contributed by atoms with Crippen molar-refractivity contribution in [1.29, 1.82) is 0 Å². The second-order valence-electron chi connectivity index (χ2n) is 6.16. The molecule has 2 aromatic carbocycles. The molecule has 7 nitrogen and oxygen atoms in total. The average Bonchev–Trinajstić information content (AvgIpc) is 3.18. The number of halogens is 1. The van der Waals surface area contributed by atoms with E-state index in [1.807, 2.05) is 31.2 Å². The summed E-state index contributed by atoms with van der Waals surface area (Å²) in [6, 6.07) is 16.1. The van der Waals surface area contributed by atoms with Crippen LogP contribution in [-0.2, 0) is 6.54 Å². The van der Waals surface area contributed by atoms with Crippen molar-refractivity contribution in [3.63, 3.8) is 0 Å². The third kappa shape index (κ3) is 3.96. The fraction of sp³-hybridized carbons (Fsp3) is 0.100. The molecule has 0 radical (unpaired) electrons. The third-order valence-corrected chi connectivity index (χ3v) is 4.06. The molecule has 0 aliphatic heterocycles. The molecule has 4 aromatic rings. The first-order chi connectivity index (χ1) is 13.7. The van der Waals surface area contributed by atoms with E-state index in [9.17, 15) is 4.39 Å². The molecule has 8 heteroatoms. The number of hydrogen-bond acceptors (Lipinski definition) is 6. The van der Waals surface area contributed by atoms with Crippen molar-refractivity contribution < 1.29 is 9.13 Å². The number of aryl methyl sites for hydroxylation is 1. The van der Waals surface area contributed by atoms with Crippen LogP contribution < -0.4 is 10.1 Å². The molecule has 0 bridgehead atoms. The molecule has 4 rings (SSSR count). The van der Waals surface area contributed by atoms with Crippen LogP contribution in [0.25, 0.3) is 5.69 Å². The normalized spacial score (nSPS) is 10.6. The SMILES string of the molecule is Cc1ccc(-n2nnnc2NCc2ccc(Oc3cccnc3)c(F)c2)cc1. The quantitative estimate of drug-likeness (QED) is 0.550. The summed E-state index contributed by atoms with van der Waals surface area (Å²) >= 11 is 0. The maximum Gasteiger partial charge on any atom is 0.248 e. The summed E-state index contributed by atoms with van der Waals surface area (Å²) in [6.07, 6.45) is 3.15. The lowest BCUT2D eigenvalue weighted by Gasteiger charge is -2.10. The molecular weight excluding hydrogens is 359 g/mol. The lowest BCUT2D eigenvalue weighted by molar-refractivity contribution is 0.440. The maximum atomic E-state index is 14.4. The Hall–Kier alpha value is -3.81. The molecule has 140 valence electrons. The van der Waals surface area contributed by atoms with Gasteiger partial charge >= 0.3 is 0 Å². The molecule has 1 N–H and O–H groups in total. The summed E-state index contributed by atoms with van der Waals surface area (Å²) < 4.78 is 21.5. The van der Waals surface area contributed by atoms with Crippen LogP contribution >= 0.6 is 0 Å². The van der Waals surface area contributed by atoms with Gasteiger partial charge in [0.2, 0.25) is 5.95 Å². The van der Waals surface area contributed by atoms with Gasteiger partial charge in [-0.1, -0.05) is 28.9 Å². The van der Waals surface area contributed by atoms with Gasteiger partial charge in [0.25, 0.3) is 0 Å². The van der Waals surface area contributed by atoms with E-state index in [0.29, 0.717) is 18.2 Å². The van der Waals surface area contributed by atoms with Crippen LogP contribution in [0.1, 0.15) is 11.1 Å². The lowest BCUT2D eigenvalue weighted by atomic mass is 10.2.